The van der Waals surface area contributed by atoms with Crippen molar-refractivity contribution in [3.05, 3.63) is 63.5 Å². The van der Waals surface area contributed by atoms with Crippen molar-refractivity contribution >= 4 is 11.0 Å². The largest absolute Gasteiger partial charge is 0.508 e. The molecule has 0 unspecified atom stereocenters. The molecular weight excluding hydrogens is 296 g/mol. The average Bonchev–Trinajstić information content (AvgIpc) is 2.56. The van der Waals surface area contributed by atoms with Gasteiger partial charge in [0, 0.05) is 5.56 Å². The molecule has 1 heterocycles. The molecule has 3 aromatic rings. The number of hydrogen-bond donors (Lipinski definition) is 3. The molecule has 0 saturated carbocycles. The van der Waals surface area contributed by atoms with E-state index in [9.17, 15) is 20.1 Å². The molecule has 5 heteroatoms. The van der Waals surface area contributed by atoms with Gasteiger partial charge in [0.1, 0.15) is 17.6 Å². The van der Waals surface area contributed by atoms with Gasteiger partial charge in [-0.2, -0.15) is 0 Å². The number of aromatic hydroxyl groups is 1. The third-order valence-corrected chi connectivity index (χ3v) is 3.96. The summed E-state index contributed by atoms with van der Waals surface area (Å²) >= 11 is 0. The number of fused-ring (bicyclic) bond motifs is 1. The highest BCUT2D eigenvalue weighted by molar-refractivity contribution is 5.83. The van der Waals surface area contributed by atoms with Gasteiger partial charge in [0.25, 0.3) is 0 Å². The minimum Gasteiger partial charge on any atom is -0.508 e. The van der Waals surface area contributed by atoms with Gasteiger partial charge < -0.3 is 19.7 Å². The molecule has 0 saturated heterocycles. The molecule has 0 fully saturated rings. The van der Waals surface area contributed by atoms with Crippen LogP contribution in [-0.2, 0) is 13.2 Å². The van der Waals surface area contributed by atoms with Gasteiger partial charge in [0.2, 0.25) is 0 Å². The number of aliphatic hydroxyl groups is 2. The first-order valence-corrected chi connectivity index (χ1v) is 7.14. The van der Waals surface area contributed by atoms with E-state index in [-0.39, 0.29) is 24.4 Å². The van der Waals surface area contributed by atoms with Crippen LogP contribution in [0.25, 0.3) is 22.1 Å². The molecule has 118 valence electrons. The van der Waals surface area contributed by atoms with Crippen molar-refractivity contribution in [3.63, 3.8) is 0 Å². The van der Waals surface area contributed by atoms with Gasteiger partial charge in [0.15, 0.2) is 5.43 Å². The number of aryl methyl sites for hydroxylation is 1. The molecule has 1 aromatic heterocycles. The summed E-state index contributed by atoms with van der Waals surface area (Å²) in [6.45, 7) is 1.38. The molecule has 3 N–H and O–H groups in total. The zero-order valence-corrected chi connectivity index (χ0v) is 12.5. The maximum atomic E-state index is 12.7. The number of hydrogen-bond acceptors (Lipinski definition) is 5. The van der Waals surface area contributed by atoms with Gasteiger partial charge in [-0.15, -0.1) is 0 Å². The first-order valence-electron chi connectivity index (χ1n) is 7.14. The minimum atomic E-state index is -0.322. The Hall–Kier alpha value is -2.63. The minimum absolute atomic E-state index is 0.0233. The quantitative estimate of drug-likeness (QED) is 0.691. The van der Waals surface area contributed by atoms with Gasteiger partial charge in [-0.3, -0.25) is 4.79 Å². The average molecular weight is 312 g/mol. The topological polar surface area (TPSA) is 90.9 Å². The fraction of sp³-hybridized carbons (Fsp3) is 0.167. The number of benzene rings is 2. The van der Waals surface area contributed by atoms with E-state index in [2.05, 4.69) is 0 Å². The van der Waals surface area contributed by atoms with Crippen LogP contribution >= 0.6 is 0 Å². The van der Waals surface area contributed by atoms with Crippen molar-refractivity contribution in [3.8, 4) is 16.9 Å². The van der Waals surface area contributed by atoms with E-state index in [4.69, 9.17) is 4.42 Å². The normalized spacial score (nSPS) is 11.1. The van der Waals surface area contributed by atoms with Crippen LogP contribution in [-0.4, -0.2) is 15.3 Å². The van der Waals surface area contributed by atoms with E-state index in [1.807, 2.05) is 6.92 Å². The van der Waals surface area contributed by atoms with Crippen molar-refractivity contribution < 1.29 is 19.7 Å². The summed E-state index contributed by atoms with van der Waals surface area (Å²) < 4.78 is 5.54. The van der Waals surface area contributed by atoms with Crippen LogP contribution in [0.4, 0.5) is 0 Å². The third-order valence-electron chi connectivity index (χ3n) is 3.96. The molecule has 0 amide bonds. The summed E-state index contributed by atoms with van der Waals surface area (Å²) in [5, 5.41) is 28.6. The molecule has 0 aliphatic carbocycles. The molecule has 0 bridgehead atoms. The Morgan fingerprint density at radius 1 is 1.04 bits per heavy atom. The van der Waals surface area contributed by atoms with Crippen molar-refractivity contribution in [1.29, 1.82) is 0 Å². The van der Waals surface area contributed by atoms with Gasteiger partial charge in [-0.05, 0) is 47.9 Å². The summed E-state index contributed by atoms with van der Waals surface area (Å²) in [5.41, 5.74) is 2.98. The van der Waals surface area contributed by atoms with Crippen LogP contribution < -0.4 is 5.43 Å². The van der Waals surface area contributed by atoms with Gasteiger partial charge >= 0.3 is 0 Å². The van der Waals surface area contributed by atoms with Crippen molar-refractivity contribution in [2.24, 2.45) is 0 Å². The summed E-state index contributed by atoms with van der Waals surface area (Å²) in [7, 11) is 0. The van der Waals surface area contributed by atoms with E-state index >= 15 is 0 Å². The third kappa shape index (κ3) is 2.60. The predicted octanol–water partition coefficient (Wildman–Crippen LogP) is 2.46. The molecule has 5 nitrogen and oxygen atoms in total. The SMILES string of the molecule is Cc1cc2c(=O)c(-c3ccc(O)c(CO)c3)coc2cc1CO. The highest BCUT2D eigenvalue weighted by atomic mass is 16.3. The number of rotatable bonds is 3. The number of aliphatic hydroxyl groups excluding tert-OH is 2. The molecule has 0 aliphatic heterocycles. The van der Waals surface area contributed by atoms with Crippen molar-refractivity contribution in [2.75, 3.05) is 0 Å². The van der Waals surface area contributed by atoms with E-state index < -0.39 is 0 Å². The maximum Gasteiger partial charge on any atom is 0.200 e. The van der Waals surface area contributed by atoms with E-state index in [0.717, 1.165) is 5.56 Å². The van der Waals surface area contributed by atoms with Crippen LogP contribution in [0.5, 0.6) is 5.75 Å². The number of phenols is 1. The summed E-state index contributed by atoms with van der Waals surface area (Å²) in [5.74, 6) is -0.0233. The van der Waals surface area contributed by atoms with Gasteiger partial charge in [0.05, 0.1) is 24.2 Å². The van der Waals surface area contributed by atoms with Crippen LogP contribution in [0.2, 0.25) is 0 Å². The van der Waals surface area contributed by atoms with Gasteiger partial charge in [-0.25, -0.2) is 0 Å². The lowest BCUT2D eigenvalue weighted by molar-refractivity contribution is 0.275. The second-order valence-corrected chi connectivity index (χ2v) is 5.41. The Bertz CT molecular complexity index is 940. The molecule has 3 rings (SSSR count). The zero-order valence-electron chi connectivity index (χ0n) is 12.5. The molecule has 23 heavy (non-hydrogen) atoms. The van der Waals surface area contributed by atoms with Crippen molar-refractivity contribution in [2.45, 2.75) is 20.1 Å². The lowest BCUT2D eigenvalue weighted by Gasteiger charge is -2.08. The Kier molecular flexibility index (Phi) is 3.90. The highest BCUT2D eigenvalue weighted by Gasteiger charge is 2.12. The Morgan fingerprint density at radius 3 is 2.48 bits per heavy atom. The van der Waals surface area contributed by atoms with Gasteiger partial charge in [-0.1, -0.05) is 6.07 Å². The van der Waals surface area contributed by atoms with Crippen molar-refractivity contribution in [1.82, 2.24) is 0 Å². The first-order chi connectivity index (χ1) is 11.0. The summed E-state index contributed by atoms with van der Waals surface area (Å²) in [6, 6.07) is 7.95. The first kappa shape index (κ1) is 15.3. The Morgan fingerprint density at radius 2 is 1.78 bits per heavy atom. The summed E-state index contributed by atoms with van der Waals surface area (Å²) in [6.07, 6.45) is 1.36. The lowest BCUT2D eigenvalue weighted by Crippen LogP contribution is -2.06. The fourth-order valence-corrected chi connectivity index (χ4v) is 2.58. The maximum absolute atomic E-state index is 12.7. The second kappa shape index (κ2) is 5.87. The second-order valence-electron chi connectivity index (χ2n) is 5.41. The predicted molar refractivity (Wildman–Crippen MR) is 86.2 cm³/mol. The van der Waals surface area contributed by atoms with Crippen LogP contribution in [0, 0.1) is 6.92 Å². The van der Waals surface area contributed by atoms with E-state index in [1.54, 1.807) is 24.3 Å². The molecule has 0 aliphatic rings. The summed E-state index contributed by atoms with van der Waals surface area (Å²) in [4.78, 5) is 12.7. The standard InChI is InChI=1S/C18H16O5/c1-10-4-14-17(6-12(10)7-19)23-9-15(18(14)22)11-2-3-16(21)13(5-11)8-20/h2-6,9,19-21H,7-8H2,1H3. The Labute approximate surface area is 132 Å². The molecule has 2 aromatic carbocycles. The molecular formula is C18H16O5. The van der Waals surface area contributed by atoms with Crippen LogP contribution in [0.15, 0.2) is 45.8 Å². The van der Waals surface area contributed by atoms with Crippen LogP contribution in [0.1, 0.15) is 16.7 Å². The smallest absolute Gasteiger partial charge is 0.200 e. The highest BCUT2D eigenvalue weighted by Crippen LogP contribution is 2.26. The lowest BCUT2D eigenvalue weighted by atomic mass is 10.0. The Balaban J connectivity index is 2.23. The fourth-order valence-electron chi connectivity index (χ4n) is 2.58. The van der Waals surface area contributed by atoms with Crippen LogP contribution in [0.3, 0.4) is 0 Å². The molecule has 0 radical (unpaired) electrons. The monoisotopic (exact) mass is 312 g/mol. The molecule has 0 spiro atoms. The van der Waals surface area contributed by atoms with E-state index in [0.29, 0.717) is 33.2 Å². The molecule has 0 atom stereocenters. The zero-order chi connectivity index (χ0) is 16.6. The van der Waals surface area contributed by atoms with E-state index in [1.165, 1.54) is 12.3 Å².